The topological polar surface area (TPSA) is 120 Å². The molecule has 0 amide bonds. The van der Waals surface area contributed by atoms with Crippen molar-refractivity contribution in [2.45, 2.75) is 38.7 Å². The van der Waals surface area contributed by atoms with Crippen LogP contribution in [0.2, 0.25) is 0 Å². The van der Waals surface area contributed by atoms with E-state index >= 15 is 4.39 Å². The first-order chi connectivity index (χ1) is 18.6. The molecule has 0 bridgehead atoms. The number of anilines is 2. The number of ether oxygens (including phenoxy) is 1. The van der Waals surface area contributed by atoms with Gasteiger partial charge in [-0.1, -0.05) is 0 Å². The quantitative estimate of drug-likeness (QED) is 0.424. The normalized spacial score (nSPS) is 25.7. The average Bonchev–Trinajstić information content (AvgIpc) is 3.61. The summed E-state index contributed by atoms with van der Waals surface area (Å²) in [5.41, 5.74) is 7.76. The number of benzene rings is 1. The van der Waals surface area contributed by atoms with Crippen molar-refractivity contribution in [3.8, 4) is 6.07 Å². The number of fused-ring (bicyclic) bond motifs is 4. The van der Waals surface area contributed by atoms with Crippen LogP contribution in [0.25, 0.3) is 16.7 Å². The first-order valence-electron chi connectivity index (χ1n) is 12.9. The van der Waals surface area contributed by atoms with Gasteiger partial charge in [0.2, 0.25) is 5.95 Å². The van der Waals surface area contributed by atoms with Gasteiger partial charge in [0.1, 0.15) is 16.6 Å². The maximum Gasteiger partial charge on any atom is 0.230 e. The highest BCUT2D eigenvalue weighted by atomic mass is 32.1. The lowest BCUT2D eigenvalue weighted by molar-refractivity contribution is -0.965. The molecule has 202 valence electrons. The van der Waals surface area contributed by atoms with E-state index in [0.29, 0.717) is 34.7 Å². The predicted molar refractivity (Wildman–Crippen MR) is 142 cm³/mol. The summed E-state index contributed by atoms with van der Waals surface area (Å²) in [7, 11) is 0. The lowest BCUT2D eigenvalue weighted by Gasteiger charge is -2.51. The Bertz CT molecular complexity index is 1620. The molecule has 3 aromatic rings. The number of aromatic nitrogens is 2. The summed E-state index contributed by atoms with van der Waals surface area (Å²) in [5, 5.41) is 23.9. The first kappa shape index (κ1) is 24.7. The summed E-state index contributed by atoms with van der Waals surface area (Å²) in [6.07, 6.45) is 2.86. The molecule has 0 aliphatic carbocycles. The minimum Gasteiger partial charge on any atom is -0.390 e. The van der Waals surface area contributed by atoms with Gasteiger partial charge in [0, 0.05) is 28.9 Å². The van der Waals surface area contributed by atoms with Crippen molar-refractivity contribution in [2.24, 2.45) is 5.92 Å². The SMILES string of the molecule is CC(C)(O)C1C[N+]2(CCN(c3ncc4c5c(c(C6NC=C(F)c7sc(N)c(C#N)c76)c(F)c4n3)COC5)C2)C1. The van der Waals surface area contributed by atoms with Crippen LogP contribution in [0.3, 0.4) is 0 Å². The first-order valence-corrected chi connectivity index (χ1v) is 13.8. The molecule has 9 nitrogen and oxygen atoms in total. The van der Waals surface area contributed by atoms with E-state index in [1.54, 1.807) is 6.20 Å². The van der Waals surface area contributed by atoms with Gasteiger partial charge in [-0.25, -0.2) is 18.7 Å². The molecule has 0 radical (unpaired) electrons. The Morgan fingerprint density at radius 2 is 2.05 bits per heavy atom. The highest BCUT2D eigenvalue weighted by molar-refractivity contribution is 7.17. The summed E-state index contributed by atoms with van der Waals surface area (Å²) >= 11 is 0.987. The van der Waals surface area contributed by atoms with Gasteiger partial charge in [-0.05, 0) is 25.0 Å². The van der Waals surface area contributed by atoms with Crippen molar-refractivity contribution >= 4 is 39.0 Å². The number of nitrogen functional groups attached to an aromatic ring is 1. The van der Waals surface area contributed by atoms with Crippen LogP contribution in [-0.4, -0.2) is 58.0 Å². The second-order valence-corrected chi connectivity index (χ2v) is 12.6. The predicted octanol–water partition coefficient (Wildman–Crippen LogP) is 3.27. The molecule has 1 spiro atoms. The lowest BCUT2D eigenvalue weighted by Crippen LogP contribution is -2.67. The van der Waals surface area contributed by atoms with E-state index < -0.39 is 23.3 Å². The number of nitriles is 1. The number of aliphatic hydroxyl groups is 1. The number of quaternary nitrogens is 1. The summed E-state index contributed by atoms with van der Waals surface area (Å²) in [4.78, 5) is 11.6. The maximum atomic E-state index is 16.6. The second kappa shape index (κ2) is 8.32. The van der Waals surface area contributed by atoms with Crippen molar-refractivity contribution in [2.75, 3.05) is 43.5 Å². The van der Waals surface area contributed by atoms with Crippen LogP contribution in [-0.2, 0) is 18.0 Å². The molecule has 2 fully saturated rings. The number of halogens is 2. The standard InChI is InChI=1S/C27H28F2N7O2S/c1-27(2,37)13-8-36(9-13)4-3-35(12-36)26-33-6-15-16-10-38-11-17(16)19(21(29)22(15)34-26)23-20-14(5-30)25(31)39-24(20)18(28)7-32-23/h6-7,13,23,32,37H,3-4,8-12,31H2,1-2H3/q+1. The third-order valence-corrected chi connectivity index (χ3v) is 9.84. The van der Waals surface area contributed by atoms with E-state index in [0.717, 1.165) is 47.6 Å². The largest absolute Gasteiger partial charge is 0.390 e. The summed E-state index contributed by atoms with van der Waals surface area (Å²) in [6, 6.07) is 1.26. The smallest absolute Gasteiger partial charge is 0.230 e. The van der Waals surface area contributed by atoms with Gasteiger partial charge >= 0.3 is 0 Å². The highest BCUT2D eigenvalue weighted by Crippen LogP contribution is 2.47. The van der Waals surface area contributed by atoms with Crippen molar-refractivity contribution in [1.82, 2.24) is 15.3 Å². The third kappa shape index (κ3) is 3.57. The second-order valence-electron chi connectivity index (χ2n) is 11.6. The highest BCUT2D eigenvalue weighted by Gasteiger charge is 2.53. The molecule has 2 saturated heterocycles. The molecular weight excluding hydrogens is 524 g/mol. The van der Waals surface area contributed by atoms with E-state index in [4.69, 9.17) is 15.5 Å². The van der Waals surface area contributed by atoms with E-state index in [1.165, 1.54) is 6.20 Å². The van der Waals surface area contributed by atoms with Gasteiger partial charge in [-0.15, -0.1) is 11.3 Å². The van der Waals surface area contributed by atoms with Crippen LogP contribution in [0.1, 0.15) is 52.6 Å². The molecule has 39 heavy (non-hydrogen) atoms. The fraction of sp³-hybridized carbons (Fsp3) is 0.444. The number of nitrogens with zero attached hydrogens (tertiary/aromatic N) is 5. The average molecular weight is 553 g/mol. The Morgan fingerprint density at radius 3 is 2.79 bits per heavy atom. The van der Waals surface area contributed by atoms with Gasteiger partial charge in [-0.2, -0.15) is 5.26 Å². The molecule has 0 saturated carbocycles. The Morgan fingerprint density at radius 1 is 1.28 bits per heavy atom. The fourth-order valence-electron chi connectivity index (χ4n) is 6.57. The van der Waals surface area contributed by atoms with Gasteiger partial charge in [-0.3, -0.25) is 4.90 Å². The summed E-state index contributed by atoms with van der Waals surface area (Å²) < 4.78 is 37.9. The number of nitrogens with two attached hydrogens (primary N) is 1. The van der Waals surface area contributed by atoms with Crippen molar-refractivity contribution in [3.63, 3.8) is 0 Å². The number of nitrogens with one attached hydrogen (secondary N) is 1. The zero-order valence-electron chi connectivity index (χ0n) is 21.6. The molecule has 1 aromatic carbocycles. The maximum absolute atomic E-state index is 16.6. The molecule has 4 aliphatic heterocycles. The van der Waals surface area contributed by atoms with Crippen LogP contribution in [0, 0.1) is 23.1 Å². The number of thiophene rings is 1. The Hall–Kier alpha value is -3.37. The van der Waals surface area contributed by atoms with Crippen LogP contribution in [0.15, 0.2) is 12.4 Å². The zero-order chi connectivity index (χ0) is 27.3. The molecule has 1 unspecified atom stereocenters. The van der Waals surface area contributed by atoms with E-state index in [1.807, 2.05) is 13.8 Å². The Labute approximate surface area is 227 Å². The van der Waals surface area contributed by atoms with Gasteiger partial charge < -0.3 is 25.4 Å². The molecule has 7 rings (SSSR count). The van der Waals surface area contributed by atoms with Crippen LogP contribution in [0.4, 0.5) is 19.7 Å². The molecular formula is C27H28F2N7O2S+. The van der Waals surface area contributed by atoms with E-state index in [2.05, 4.69) is 21.3 Å². The number of rotatable bonds is 3. The van der Waals surface area contributed by atoms with Crippen molar-refractivity contribution in [1.29, 1.82) is 5.26 Å². The monoisotopic (exact) mass is 552 g/mol. The van der Waals surface area contributed by atoms with Crippen LogP contribution < -0.4 is 16.0 Å². The van der Waals surface area contributed by atoms with E-state index in [-0.39, 0.29) is 40.1 Å². The zero-order valence-corrected chi connectivity index (χ0v) is 22.4. The Kier molecular flexibility index (Phi) is 5.26. The van der Waals surface area contributed by atoms with E-state index in [9.17, 15) is 14.8 Å². The molecule has 2 aromatic heterocycles. The summed E-state index contributed by atoms with van der Waals surface area (Å²) in [5.74, 6) is -0.385. The fourth-order valence-corrected chi connectivity index (χ4v) is 7.54. The minimum atomic E-state index is -0.818. The minimum absolute atomic E-state index is 0.149. The van der Waals surface area contributed by atoms with Gasteiger partial charge in [0.25, 0.3) is 0 Å². The number of hydrogen-bond acceptors (Lipinski definition) is 9. The van der Waals surface area contributed by atoms with Gasteiger partial charge in [0.15, 0.2) is 18.3 Å². The molecule has 12 heteroatoms. The van der Waals surface area contributed by atoms with Crippen LogP contribution >= 0.6 is 11.3 Å². The molecule has 6 heterocycles. The van der Waals surface area contributed by atoms with Crippen LogP contribution in [0.5, 0.6) is 0 Å². The molecule has 4 N–H and O–H groups in total. The molecule has 1 atom stereocenters. The van der Waals surface area contributed by atoms with Crippen molar-refractivity contribution < 1.29 is 23.1 Å². The molecule has 4 aliphatic rings. The lowest BCUT2D eigenvalue weighted by atomic mass is 9.82. The number of hydrogen-bond donors (Lipinski definition) is 3. The Balaban J connectivity index is 1.31. The third-order valence-electron chi connectivity index (χ3n) is 8.80. The summed E-state index contributed by atoms with van der Waals surface area (Å²) in [6.45, 7) is 8.33. The van der Waals surface area contributed by atoms with Gasteiger partial charge in [0.05, 0.1) is 67.4 Å². The van der Waals surface area contributed by atoms with Crippen molar-refractivity contribution in [3.05, 3.63) is 50.9 Å².